The average molecular weight is 390 g/mol. The van der Waals surface area contributed by atoms with Crippen LogP contribution in [0.2, 0.25) is 0 Å². The van der Waals surface area contributed by atoms with Gasteiger partial charge in [-0.25, -0.2) is 0 Å². The number of phenolic OH excluding ortho intramolecular Hbond substituents is 1. The van der Waals surface area contributed by atoms with E-state index in [-0.39, 0.29) is 30.0 Å². The number of benzene rings is 2. The number of hydrogen-bond donors (Lipinski definition) is 2. The summed E-state index contributed by atoms with van der Waals surface area (Å²) in [6, 6.07) is 13.8. The van der Waals surface area contributed by atoms with Crippen LogP contribution in [0, 0.1) is 0 Å². The van der Waals surface area contributed by atoms with E-state index in [1.807, 2.05) is 24.3 Å². The summed E-state index contributed by atoms with van der Waals surface area (Å²) in [6.07, 6.45) is 1.04. The monoisotopic (exact) mass is 389 g/mol. The summed E-state index contributed by atoms with van der Waals surface area (Å²) < 4.78 is 0. The van der Waals surface area contributed by atoms with Crippen LogP contribution in [-0.4, -0.2) is 52.9 Å². The maximum atomic E-state index is 12.5. The van der Waals surface area contributed by atoms with Gasteiger partial charge in [-0.1, -0.05) is 18.2 Å². The van der Waals surface area contributed by atoms with Gasteiger partial charge < -0.3 is 20.6 Å². The first-order chi connectivity index (χ1) is 12.5. The molecule has 0 aliphatic carbocycles. The van der Waals surface area contributed by atoms with Crippen LogP contribution in [0.3, 0.4) is 0 Å². The van der Waals surface area contributed by atoms with Crippen molar-refractivity contribution in [2.75, 3.05) is 31.9 Å². The summed E-state index contributed by atoms with van der Waals surface area (Å²) in [6.45, 7) is 2.09. The Hall–Kier alpha value is -2.73. The molecule has 0 atom stereocenters. The molecule has 2 aromatic rings. The van der Waals surface area contributed by atoms with Crippen LogP contribution in [0.5, 0.6) is 5.75 Å². The summed E-state index contributed by atoms with van der Waals surface area (Å²) in [5, 5.41) is 9.32. The number of nitrogens with two attached hydrogens (primary N) is 1. The highest BCUT2D eigenvalue weighted by atomic mass is 35.5. The van der Waals surface area contributed by atoms with Crippen LogP contribution >= 0.6 is 12.4 Å². The van der Waals surface area contributed by atoms with Crippen LogP contribution in [0.1, 0.15) is 22.3 Å². The fourth-order valence-electron chi connectivity index (χ4n) is 3.11. The first kappa shape index (κ1) is 20.6. The standard InChI is InChI=1S/C20H23N3O3.ClH/c21-18-4-2-1-3-15(18)7-10-19(25)22-11-13-23(14-12-22)20(26)16-5-8-17(24)9-6-16;/h1-6,8-9,24H,7,10-14,21H2;1H. The Morgan fingerprint density at radius 2 is 1.52 bits per heavy atom. The van der Waals surface area contributed by atoms with E-state index < -0.39 is 0 Å². The molecule has 0 bridgehead atoms. The number of anilines is 1. The number of amides is 2. The molecule has 27 heavy (non-hydrogen) atoms. The van der Waals surface area contributed by atoms with E-state index in [1.54, 1.807) is 21.9 Å². The molecular formula is C20H24ClN3O3. The fraction of sp³-hybridized carbons (Fsp3) is 0.300. The number of rotatable bonds is 4. The number of hydrogen-bond acceptors (Lipinski definition) is 4. The molecule has 0 spiro atoms. The lowest BCUT2D eigenvalue weighted by Gasteiger charge is -2.35. The third-order valence-electron chi connectivity index (χ3n) is 4.70. The van der Waals surface area contributed by atoms with Crippen LogP contribution < -0.4 is 5.73 Å². The molecule has 1 aliphatic heterocycles. The van der Waals surface area contributed by atoms with E-state index in [9.17, 15) is 14.7 Å². The zero-order chi connectivity index (χ0) is 18.5. The maximum Gasteiger partial charge on any atom is 0.253 e. The van der Waals surface area contributed by atoms with Gasteiger partial charge >= 0.3 is 0 Å². The molecule has 0 saturated carbocycles. The minimum atomic E-state index is -0.0749. The normalized spacial score (nSPS) is 13.8. The van der Waals surface area contributed by atoms with Crippen LogP contribution in [0.4, 0.5) is 5.69 Å². The summed E-state index contributed by atoms with van der Waals surface area (Å²) in [7, 11) is 0. The molecule has 2 amide bonds. The number of halogens is 1. The van der Waals surface area contributed by atoms with E-state index in [1.165, 1.54) is 12.1 Å². The second kappa shape index (κ2) is 9.28. The number of nitrogens with zero attached hydrogens (tertiary/aromatic N) is 2. The molecule has 1 saturated heterocycles. The van der Waals surface area contributed by atoms with Crippen LogP contribution in [0.25, 0.3) is 0 Å². The molecule has 1 aliphatic rings. The Balaban J connectivity index is 0.00000261. The van der Waals surface area contributed by atoms with Gasteiger partial charge in [0.15, 0.2) is 0 Å². The molecule has 3 rings (SSSR count). The first-order valence-electron chi connectivity index (χ1n) is 8.74. The molecule has 6 nitrogen and oxygen atoms in total. The molecular weight excluding hydrogens is 366 g/mol. The van der Waals surface area contributed by atoms with Crippen molar-refractivity contribution in [2.24, 2.45) is 0 Å². The molecule has 144 valence electrons. The summed E-state index contributed by atoms with van der Waals surface area (Å²) in [5.74, 6) is 0.148. The molecule has 0 radical (unpaired) electrons. The van der Waals surface area contributed by atoms with Crippen molar-refractivity contribution in [2.45, 2.75) is 12.8 Å². The molecule has 1 fully saturated rings. The SMILES string of the molecule is Cl.Nc1ccccc1CCC(=O)N1CCN(C(=O)c2ccc(O)cc2)CC1. The number of aryl methyl sites for hydroxylation is 1. The predicted octanol–water partition coefficient (Wildman–Crippen LogP) is 2.31. The molecule has 1 heterocycles. The van der Waals surface area contributed by atoms with Crippen molar-refractivity contribution in [3.63, 3.8) is 0 Å². The second-order valence-corrected chi connectivity index (χ2v) is 6.42. The van der Waals surface area contributed by atoms with Gasteiger partial charge in [-0.05, 0) is 42.3 Å². The van der Waals surface area contributed by atoms with E-state index in [4.69, 9.17) is 5.73 Å². The van der Waals surface area contributed by atoms with Gasteiger partial charge in [-0.3, -0.25) is 9.59 Å². The molecule has 7 heteroatoms. The minimum absolute atomic E-state index is 0. The Labute approximate surface area is 165 Å². The highest BCUT2D eigenvalue weighted by molar-refractivity contribution is 5.94. The van der Waals surface area contributed by atoms with Gasteiger partial charge in [0.25, 0.3) is 5.91 Å². The van der Waals surface area contributed by atoms with E-state index in [0.29, 0.717) is 50.3 Å². The van der Waals surface area contributed by atoms with Crippen molar-refractivity contribution in [1.29, 1.82) is 0 Å². The fourth-order valence-corrected chi connectivity index (χ4v) is 3.11. The topological polar surface area (TPSA) is 86.9 Å². The minimum Gasteiger partial charge on any atom is -0.508 e. The lowest BCUT2D eigenvalue weighted by molar-refractivity contribution is -0.132. The van der Waals surface area contributed by atoms with Gasteiger partial charge in [-0.2, -0.15) is 0 Å². The van der Waals surface area contributed by atoms with Crippen LogP contribution in [0.15, 0.2) is 48.5 Å². The maximum absolute atomic E-state index is 12.5. The smallest absolute Gasteiger partial charge is 0.253 e. The van der Waals surface area contributed by atoms with Crippen molar-refractivity contribution in [3.05, 3.63) is 59.7 Å². The Bertz CT molecular complexity index is 787. The largest absolute Gasteiger partial charge is 0.508 e. The Morgan fingerprint density at radius 3 is 2.15 bits per heavy atom. The third-order valence-corrected chi connectivity index (χ3v) is 4.70. The molecule has 0 unspecified atom stereocenters. The number of carbonyl (C=O) groups excluding carboxylic acids is 2. The molecule has 3 N–H and O–H groups in total. The van der Waals surface area contributed by atoms with Gasteiger partial charge in [0, 0.05) is 43.9 Å². The zero-order valence-electron chi connectivity index (χ0n) is 15.0. The third kappa shape index (κ3) is 5.14. The quantitative estimate of drug-likeness (QED) is 0.785. The van der Waals surface area contributed by atoms with Gasteiger partial charge in [-0.15, -0.1) is 12.4 Å². The molecule has 2 aromatic carbocycles. The second-order valence-electron chi connectivity index (χ2n) is 6.42. The molecule has 0 aromatic heterocycles. The van der Waals surface area contributed by atoms with Crippen LogP contribution in [-0.2, 0) is 11.2 Å². The number of carbonyl (C=O) groups is 2. The highest BCUT2D eigenvalue weighted by Crippen LogP contribution is 2.16. The number of piperazine rings is 1. The number of phenols is 1. The van der Waals surface area contributed by atoms with Gasteiger partial charge in [0.05, 0.1) is 0 Å². The van der Waals surface area contributed by atoms with Crippen molar-refractivity contribution < 1.29 is 14.7 Å². The summed E-state index contributed by atoms with van der Waals surface area (Å²) >= 11 is 0. The van der Waals surface area contributed by atoms with Crippen molar-refractivity contribution >= 4 is 29.9 Å². The summed E-state index contributed by atoms with van der Waals surface area (Å²) in [5.41, 5.74) is 8.16. The highest BCUT2D eigenvalue weighted by Gasteiger charge is 2.24. The van der Waals surface area contributed by atoms with E-state index in [2.05, 4.69) is 0 Å². The number of aromatic hydroxyl groups is 1. The van der Waals surface area contributed by atoms with Crippen molar-refractivity contribution in [3.8, 4) is 5.75 Å². The number of para-hydroxylation sites is 1. The first-order valence-corrected chi connectivity index (χ1v) is 8.74. The predicted molar refractivity (Wildman–Crippen MR) is 107 cm³/mol. The Morgan fingerprint density at radius 1 is 0.926 bits per heavy atom. The van der Waals surface area contributed by atoms with E-state index >= 15 is 0 Å². The Kier molecular flexibility index (Phi) is 7.07. The zero-order valence-corrected chi connectivity index (χ0v) is 15.8. The lowest BCUT2D eigenvalue weighted by atomic mass is 10.1. The van der Waals surface area contributed by atoms with Gasteiger partial charge in [0.2, 0.25) is 5.91 Å². The van der Waals surface area contributed by atoms with Gasteiger partial charge in [0.1, 0.15) is 5.75 Å². The summed E-state index contributed by atoms with van der Waals surface area (Å²) in [4.78, 5) is 28.4. The lowest BCUT2D eigenvalue weighted by Crippen LogP contribution is -2.50. The van der Waals surface area contributed by atoms with E-state index in [0.717, 1.165) is 5.56 Å². The van der Waals surface area contributed by atoms with Crippen molar-refractivity contribution in [1.82, 2.24) is 9.80 Å². The average Bonchev–Trinajstić information content (AvgIpc) is 2.67. The number of nitrogen functional groups attached to an aromatic ring is 1.